The Labute approximate surface area is 118 Å². The van der Waals surface area contributed by atoms with Crippen molar-refractivity contribution in [2.45, 2.75) is 52.5 Å². The highest BCUT2D eigenvalue weighted by atomic mass is 16.1. The van der Waals surface area contributed by atoms with Crippen molar-refractivity contribution >= 4 is 5.91 Å². The summed E-state index contributed by atoms with van der Waals surface area (Å²) in [6.07, 6.45) is 4.21. The molecule has 0 bridgehead atoms. The Balaban J connectivity index is 2.15. The highest BCUT2D eigenvalue weighted by Gasteiger charge is 2.21. The second-order valence-electron chi connectivity index (χ2n) is 5.60. The molecule has 4 nitrogen and oxygen atoms in total. The molecule has 1 amide bonds. The summed E-state index contributed by atoms with van der Waals surface area (Å²) in [7, 11) is 0. The van der Waals surface area contributed by atoms with Gasteiger partial charge in [-0.1, -0.05) is 13.8 Å². The number of carbonyl (C=O) groups is 1. The predicted molar refractivity (Wildman–Crippen MR) is 80.2 cm³/mol. The summed E-state index contributed by atoms with van der Waals surface area (Å²) in [6.45, 7) is 11.9. The third kappa shape index (κ3) is 6.39. The van der Waals surface area contributed by atoms with Gasteiger partial charge >= 0.3 is 0 Å². The molecule has 2 N–H and O–H groups in total. The fourth-order valence-electron chi connectivity index (χ4n) is 2.68. The van der Waals surface area contributed by atoms with Crippen LogP contribution in [0.4, 0.5) is 0 Å². The summed E-state index contributed by atoms with van der Waals surface area (Å²) in [5, 5.41) is 6.47. The van der Waals surface area contributed by atoms with Crippen molar-refractivity contribution in [3.8, 4) is 0 Å². The van der Waals surface area contributed by atoms with E-state index in [9.17, 15) is 4.79 Å². The summed E-state index contributed by atoms with van der Waals surface area (Å²) in [6, 6.07) is 0.304. The quantitative estimate of drug-likeness (QED) is 0.704. The van der Waals surface area contributed by atoms with Crippen molar-refractivity contribution in [1.29, 1.82) is 0 Å². The van der Waals surface area contributed by atoms with Gasteiger partial charge in [0.05, 0.1) is 0 Å². The molecule has 0 aromatic heterocycles. The third-order valence-electron chi connectivity index (χ3n) is 4.10. The van der Waals surface area contributed by atoms with Crippen molar-refractivity contribution in [3.05, 3.63) is 0 Å². The minimum atomic E-state index is 0.228. The summed E-state index contributed by atoms with van der Waals surface area (Å²) in [5.74, 6) is 0.489. The summed E-state index contributed by atoms with van der Waals surface area (Å²) >= 11 is 0. The molecule has 112 valence electrons. The second-order valence-corrected chi connectivity index (χ2v) is 5.60. The van der Waals surface area contributed by atoms with Gasteiger partial charge in [0.25, 0.3) is 0 Å². The number of amides is 1. The minimum Gasteiger partial charge on any atom is -0.353 e. The van der Waals surface area contributed by atoms with E-state index in [4.69, 9.17) is 0 Å². The van der Waals surface area contributed by atoms with Crippen LogP contribution >= 0.6 is 0 Å². The first-order valence-electron chi connectivity index (χ1n) is 7.90. The van der Waals surface area contributed by atoms with Gasteiger partial charge in [0.2, 0.25) is 5.91 Å². The fraction of sp³-hybridized carbons (Fsp3) is 0.933. The highest BCUT2D eigenvalue weighted by molar-refractivity contribution is 5.79. The topological polar surface area (TPSA) is 44.4 Å². The zero-order valence-corrected chi connectivity index (χ0v) is 12.9. The van der Waals surface area contributed by atoms with Gasteiger partial charge in [0, 0.05) is 12.0 Å². The van der Waals surface area contributed by atoms with E-state index in [2.05, 4.69) is 36.3 Å². The van der Waals surface area contributed by atoms with E-state index in [1.54, 1.807) is 0 Å². The first-order valence-corrected chi connectivity index (χ1v) is 7.90. The number of nitrogens with zero attached hydrogens (tertiary/aromatic N) is 1. The number of carbonyl (C=O) groups excluding carboxylic acids is 1. The lowest BCUT2D eigenvalue weighted by molar-refractivity contribution is -0.126. The van der Waals surface area contributed by atoms with Crippen LogP contribution in [0.25, 0.3) is 0 Å². The summed E-state index contributed by atoms with van der Waals surface area (Å²) in [4.78, 5) is 14.5. The summed E-state index contributed by atoms with van der Waals surface area (Å²) < 4.78 is 0. The SMILES string of the molecule is CCN(CC)CCCC(C)NC(=O)C1CCNCC1. The van der Waals surface area contributed by atoms with Gasteiger partial charge in [-0.05, 0) is 65.3 Å². The van der Waals surface area contributed by atoms with Gasteiger partial charge in [0.1, 0.15) is 0 Å². The lowest BCUT2D eigenvalue weighted by Gasteiger charge is -2.24. The van der Waals surface area contributed by atoms with Crippen LogP contribution in [0.2, 0.25) is 0 Å². The van der Waals surface area contributed by atoms with Crippen LogP contribution in [0.3, 0.4) is 0 Å². The van der Waals surface area contributed by atoms with E-state index in [1.807, 2.05) is 0 Å². The maximum atomic E-state index is 12.1. The molecule has 1 fully saturated rings. The van der Waals surface area contributed by atoms with Crippen molar-refractivity contribution in [2.75, 3.05) is 32.7 Å². The number of rotatable bonds is 8. The number of hydrogen-bond donors (Lipinski definition) is 2. The van der Waals surface area contributed by atoms with Crippen LogP contribution in [0.5, 0.6) is 0 Å². The van der Waals surface area contributed by atoms with Crippen molar-refractivity contribution in [2.24, 2.45) is 5.92 Å². The van der Waals surface area contributed by atoms with Crippen molar-refractivity contribution in [3.63, 3.8) is 0 Å². The van der Waals surface area contributed by atoms with E-state index >= 15 is 0 Å². The van der Waals surface area contributed by atoms with Crippen LogP contribution in [0.1, 0.15) is 46.5 Å². The van der Waals surface area contributed by atoms with Gasteiger partial charge in [-0.25, -0.2) is 0 Å². The molecule has 1 aliphatic heterocycles. The molecule has 0 aromatic rings. The van der Waals surface area contributed by atoms with Crippen molar-refractivity contribution in [1.82, 2.24) is 15.5 Å². The lowest BCUT2D eigenvalue weighted by atomic mass is 9.97. The molecule has 0 radical (unpaired) electrons. The molecule has 1 saturated heterocycles. The Morgan fingerprint density at radius 3 is 2.53 bits per heavy atom. The zero-order valence-electron chi connectivity index (χ0n) is 12.9. The van der Waals surface area contributed by atoms with Crippen molar-refractivity contribution < 1.29 is 4.79 Å². The standard InChI is InChI=1S/C15H31N3O/c1-4-18(5-2)12-6-7-13(3)17-15(19)14-8-10-16-11-9-14/h13-14,16H,4-12H2,1-3H3,(H,17,19). The largest absolute Gasteiger partial charge is 0.353 e. The molecule has 1 rings (SSSR count). The van der Waals surface area contributed by atoms with Gasteiger partial charge in [-0.15, -0.1) is 0 Å². The number of hydrogen-bond acceptors (Lipinski definition) is 3. The average Bonchev–Trinajstić information content (AvgIpc) is 2.44. The first kappa shape index (κ1) is 16.4. The molecular weight excluding hydrogens is 238 g/mol. The molecular formula is C15H31N3O. The fourth-order valence-corrected chi connectivity index (χ4v) is 2.68. The molecule has 1 heterocycles. The van der Waals surface area contributed by atoms with Crippen LogP contribution < -0.4 is 10.6 Å². The smallest absolute Gasteiger partial charge is 0.223 e. The van der Waals surface area contributed by atoms with Crippen LogP contribution in [-0.4, -0.2) is 49.6 Å². The molecule has 0 aromatic carbocycles. The molecule has 1 aliphatic rings. The monoisotopic (exact) mass is 269 g/mol. The Bertz CT molecular complexity index is 248. The van der Waals surface area contributed by atoms with Gasteiger partial charge in [0.15, 0.2) is 0 Å². The van der Waals surface area contributed by atoms with E-state index in [1.165, 1.54) is 0 Å². The number of piperidine rings is 1. The molecule has 4 heteroatoms. The summed E-state index contributed by atoms with van der Waals surface area (Å²) in [5.41, 5.74) is 0. The third-order valence-corrected chi connectivity index (χ3v) is 4.10. The average molecular weight is 269 g/mol. The molecule has 0 saturated carbocycles. The van der Waals surface area contributed by atoms with Crippen LogP contribution in [0, 0.1) is 5.92 Å². The maximum absolute atomic E-state index is 12.1. The zero-order chi connectivity index (χ0) is 14.1. The molecule has 1 unspecified atom stereocenters. The van der Waals surface area contributed by atoms with Crippen LogP contribution in [-0.2, 0) is 4.79 Å². The van der Waals surface area contributed by atoms with E-state index in [0.29, 0.717) is 6.04 Å². The molecule has 0 spiro atoms. The van der Waals surface area contributed by atoms with E-state index < -0.39 is 0 Å². The normalized spacial score (nSPS) is 18.5. The lowest BCUT2D eigenvalue weighted by Crippen LogP contribution is -2.41. The molecule has 19 heavy (non-hydrogen) atoms. The number of nitrogens with one attached hydrogen (secondary N) is 2. The Morgan fingerprint density at radius 1 is 1.32 bits per heavy atom. The molecule has 1 atom stereocenters. The van der Waals surface area contributed by atoms with Gasteiger partial charge in [-0.2, -0.15) is 0 Å². The van der Waals surface area contributed by atoms with Gasteiger partial charge < -0.3 is 15.5 Å². The Morgan fingerprint density at radius 2 is 1.95 bits per heavy atom. The van der Waals surface area contributed by atoms with Gasteiger partial charge in [-0.3, -0.25) is 4.79 Å². The Kier molecular flexibility index (Phi) is 8.07. The maximum Gasteiger partial charge on any atom is 0.223 e. The minimum absolute atomic E-state index is 0.228. The van der Waals surface area contributed by atoms with E-state index in [0.717, 1.165) is 58.4 Å². The highest BCUT2D eigenvalue weighted by Crippen LogP contribution is 2.12. The second kappa shape index (κ2) is 9.32. The molecule has 0 aliphatic carbocycles. The Hall–Kier alpha value is -0.610. The first-order chi connectivity index (χ1) is 9.17. The van der Waals surface area contributed by atoms with Crippen LogP contribution in [0.15, 0.2) is 0 Å². The van der Waals surface area contributed by atoms with E-state index in [-0.39, 0.29) is 11.8 Å². The predicted octanol–water partition coefficient (Wildman–Crippen LogP) is 1.61.